The molecule has 5 heterocycles. The van der Waals surface area contributed by atoms with E-state index in [9.17, 15) is 9.59 Å². The van der Waals surface area contributed by atoms with Crippen LogP contribution in [0.2, 0.25) is 5.15 Å². The molecule has 1 aromatic carbocycles. The maximum Gasteiger partial charge on any atom is 0.279 e. The Labute approximate surface area is 206 Å². The number of fused-ring (bicyclic) bond motifs is 3. The molecule has 2 fully saturated rings. The van der Waals surface area contributed by atoms with Crippen LogP contribution in [0.4, 0.5) is 11.6 Å². The van der Waals surface area contributed by atoms with Gasteiger partial charge in [0.05, 0.1) is 5.54 Å². The number of aromatic nitrogens is 3. The Kier molecular flexibility index (Phi) is 4.96. The molecule has 0 radical (unpaired) electrons. The van der Waals surface area contributed by atoms with E-state index in [-0.39, 0.29) is 46.0 Å². The summed E-state index contributed by atoms with van der Waals surface area (Å²) >= 11 is 5.91. The van der Waals surface area contributed by atoms with Crippen molar-refractivity contribution in [3.63, 3.8) is 0 Å². The molecule has 2 bridgehead atoms. The highest BCUT2D eigenvalue weighted by atomic mass is 35.5. The van der Waals surface area contributed by atoms with Crippen LogP contribution in [0, 0.1) is 0 Å². The van der Waals surface area contributed by atoms with E-state index in [1.54, 1.807) is 0 Å². The molecule has 6 rings (SSSR count). The smallest absolute Gasteiger partial charge is 0.279 e. The Hall–Kier alpha value is -3.66. The summed E-state index contributed by atoms with van der Waals surface area (Å²) in [6, 6.07) is 8.02. The molecule has 2 saturated heterocycles. The summed E-state index contributed by atoms with van der Waals surface area (Å²) in [5, 5.41) is 3.71. The number of aliphatic imine (C=N–C) groups is 1. The number of nitrogen functional groups attached to an aromatic ring is 2. The van der Waals surface area contributed by atoms with Crippen molar-refractivity contribution in [1.82, 2.24) is 25.2 Å². The van der Waals surface area contributed by atoms with Gasteiger partial charge in [-0.2, -0.15) is 0 Å². The number of amides is 2. The van der Waals surface area contributed by atoms with Crippen molar-refractivity contribution in [1.29, 1.82) is 0 Å². The fourth-order valence-electron chi connectivity index (χ4n) is 6.00. The monoisotopic (exact) mass is 492 g/mol. The third-order valence-corrected chi connectivity index (χ3v) is 7.77. The highest BCUT2D eigenvalue weighted by Gasteiger charge is 2.51. The number of aromatic amines is 1. The molecule has 2 aromatic heterocycles. The first-order chi connectivity index (χ1) is 16.8. The van der Waals surface area contributed by atoms with Gasteiger partial charge < -0.3 is 26.7 Å². The van der Waals surface area contributed by atoms with E-state index in [0.29, 0.717) is 12.3 Å². The number of hydrogen-bond acceptors (Lipinski definition) is 7. The van der Waals surface area contributed by atoms with E-state index in [1.807, 2.05) is 30.5 Å². The second kappa shape index (κ2) is 7.94. The Morgan fingerprint density at radius 1 is 1.11 bits per heavy atom. The van der Waals surface area contributed by atoms with Gasteiger partial charge in [-0.05, 0) is 50.3 Å². The van der Waals surface area contributed by atoms with Crippen LogP contribution in [0.15, 0.2) is 35.5 Å². The van der Waals surface area contributed by atoms with Gasteiger partial charge in [-0.1, -0.05) is 17.7 Å². The zero-order valence-electron chi connectivity index (χ0n) is 18.9. The van der Waals surface area contributed by atoms with Crippen molar-refractivity contribution in [3.8, 4) is 0 Å². The van der Waals surface area contributed by atoms with Crippen LogP contribution >= 0.6 is 11.6 Å². The molecular weight excluding hydrogens is 468 g/mol. The zero-order chi connectivity index (χ0) is 24.3. The molecule has 11 heteroatoms. The molecule has 0 aliphatic carbocycles. The van der Waals surface area contributed by atoms with Crippen molar-refractivity contribution in [3.05, 3.63) is 46.9 Å². The van der Waals surface area contributed by atoms with Gasteiger partial charge in [0, 0.05) is 41.2 Å². The summed E-state index contributed by atoms with van der Waals surface area (Å²) in [6.45, 7) is 0. The average Bonchev–Trinajstić information content (AvgIpc) is 3.52. The number of piperidine rings is 1. The summed E-state index contributed by atoms with van der Waals surface area (Å²) in [6.07, 6.45) is 6.83. The minimum atomic E-state index is -0.511. The Balaban J connectivity index is 1.20. The second-order valence-corrected chi connectivity index (χ2v) is 9.98. The van der Waals surface area contributed by atoms with E-state index >= 15 is 0 Å². The minimum Gasteiger partial charge on any atom is -0.382 e. The van der Waals surface area contributed by atoms with Gasteiger partial charge in [-0.3, -0.25) is 14.6 Å². The van der Waals surface area contributed by atoms with Crippen molar-refractivity contribution >= 4 is 51.8 Å². The van der Waals surface area contributed by atoms with E-state index in [4.69, 9.17) is 28.1 Å². The first-order valence-corrected chi connectivity index (χ1v) is 12.1. The maximum absolute atomic E-state index is 13.6. The fourth-order valence-corrected chi connectivity index (χ4v) is 6.13. The van der Waals surface area contributed by atoms with Crippen molar-refractivity contribution in [2.24, 2.45) is 4.99 Å². The van der Waals surface area contributed by atoms with Gasteiger partial charge in [0.1, 0.15) is 5.84 Å². The lowest BCUT2D eigenvalue weighted by Crippen LogP contribution is -2.52. The summed E-state index contributed by atoms with van der Waals surface area (Å²) < 4.78 is 0. The number of nitrogens with zero attached hydrogens (tertiary/aromatic N) is 4. The number of halogens is 1. The summed E-state index contributed by atoms with van der Waals surface area (Å²) in [5.41, 5.74) is 12.8. The molecule has 0 saturated carbocycles. The summed E-state index contributed by atoms with van der Waals surface area (Å²) in [7, 11) is 0. The van der Waals surface area contributed by atoms with Crippen LogP contribution in [0.5, 0.6) is 0 Å². The number of carbonyl (C=O) groups excluding carboxylic acids is 2. The van der Waals surface area contributed by atoms with Gasteiger partial charge in [0.15, 0.2) is 22.5 Å². The van der Waals surface area contributed by atoms with E-state index in [1.165, 1.54) is 0 Å². The van der Waals surface area contributed by atoms with Crippen molar-refractivity contribution in [2.75, 3.05) is 11.5 Å². The number of carbonyl (C=O) groups is 2. The lowest BCUT2D eigenvalue weighted by atomic mass is 9.81. The third kappa shape index (κ3) is 3.59. The first-order valence-electron chi connectivity index (χ1n) is 11.7. The van der Waals surface area contributed by atoms with Gasteiger partial charge in [-0.25, -0.2) is 9.97 Å². The number of amidine groups is 1. The largest absolute Gasteiger partial charge is 0.382 e. The number of hydrogen-bond donors (Lipinski definition) is 4. The van der Waals surface area contributed by atoms with Crippen LogP contribution in [0.25, 0.3) is 10.9 Å². The summed E-state index contributed by atoms with van der Waals surface area (Å²) in [4.78, 5) is 44.4. The molecule has 180 valence electrons. The quantitative estimate of drug-likeness (QED) is 0.431. The molecule has 3 aliphatic rings. The lowest BCUT2D eigenvalue weighted by Gasteiger charge is -2.43. The van der Waals surface area contributed by atoms with Crippen LogP contribution < -0.4 is 16.8 Å². The summed E-state index contributed by atoms with van der Waals surface area (Å²) in [5.74, 6) is 0.0630. The molecule has 3 aromatic rings. The lowest BCUT2D eigenvalue weighted by molar-refractivity contribution is 0.0491. The van der Waals surface area contributed by atoms with Crippen LogP contribution in [-0.2, 0) is 0 Å². The SMILES string of the molecule is Nc1nc(N)c(C(=O)NC2=NC3(CC2)CC2CCC(C3)N2C(=O)c2cccc3[nH]ccc23)nc1Cl. The van der Waals surface area contributed by atoms with Crippen LogP contribution in [0.3, 0.4) is 0 Å². The number of nitrogens with two attached hydrogens (primary N) is 2. The number of rotatable bonds is 2. The van der Waals surface area contributed by atoms with Crippen LogP contribution in [0.1, 0.15) is 59.4 Å². The number of nitrogens with one attached hydrogen (secondary N) is 2. The maximum atomic E-state index is 13.6. The number of anilines is 2. The Bertz CT molecular complexity index is 1390. The van der Waals surface area contributed by atoms with E-state index < -0.39 is 5.91 Å². The molecular formula is C24H25ClN8O2. The first kappa shape index (κ1) is 21.8. The van der Waals surface area contributed by atoms with E-state index in [0.717, 1.165) is 48.6 Å². The number of benzene rings is 1. The predicted molar refractivity (Wildman–Crippen MR) is 133 cm³/mol. The fraction of sp³-hybridized carbons (Fsp3) is 0.375. The second-order valence-electron chi connectivity index (χ2n) is 9.62. The average molecular weight is 493 g/mol. The molecule has 2 atom stereocenters. The van der Waals surface area contributed by atoms with Gasteiger partial charge in [0.2, 0.25) is 0 Å². The normalized spacial score (nSPS) is 25.3. The molecule has 2 amide bonds. The molecule has 6 N–H and O–H groups in total. The Morgan fingerprint density at radius 2 is 1.89 bits per heavy atom. The molecule has 1 spiro atoms. The van der Waals surface area contributed by atoms with Gasteiger partial charge in [-0.15, -0.1) is 0 Å². The zero-order valence-corrected chi connectivity index (χ0v) is 19.7. The Morgan fingerprint density at radius 3 is 2.66 bits per heavy atom. The molecule has 10 nitrogen and oxygen atoms in total. The highest BCUT2D eigenvalue weighted by Crippen LogP contribution is 2.47. The van der Waals surface area contributed by atoms with Crippen molar-refractivity contribution < 1.29 is 9.59 Å². The predicted octanol–water partition coefficient (Wildman–Crippen LogP) is 2.90. The standard InChI is InChI=1S/C24H25ClN8O2/c25-19-21(27)31-20(26)18(30-19)22(34)29-17-6-8-24(32-17)10-12-4-5-13(11-24)33(12)23(35)15-2-1-3-16-14(15)7-9-28-16/h1-3,7,9,12-13,28H,4-6,8,10-11H2,(H4,26,27,31)(H,29,32,34). The minimum absolute atomic E-state index is 0.0256. The van der Waals surface area contributed by atoms with Gasteiger partial charge in [0.25, 0.3) is 11.8 Å². The topological polar surface area (TPSA) is 155 Å². The highest BCUT2D eigenvalue weighted by molar-refractivity contribution is 6.31. The van der Waals surface area contributed by atoms with Crippen LogP contribution in [-0.4, -0.2) is 55.1 Å². The van der Waals surface area contributed by atoms with Crippen molar-refractivity contribution in [2.45, 2.75) is 56.1 Å². The third-order valence-electron chi connectivity index (χ3n) is 7.49. The van der Waals surface area contributed by atoms with Gasteiger partial charge >= 0.3 is 0 Å². The molecule has 35 heavy (non-hydrogen) atoms. The van der Waals surface area contributed by atoms with E-state index in [2.05, 4.69) is 25.2 Å². The number of H-pyrrole nitrogens is 1. The molecule has 2 unspecified atom stereocenters. The molecule has 3 aliphatic heterocycles.